The van der Waals surface area contributed by atoms with Crippen LogP contribution in [0.1, 0.15) is 55.7 Å². The van der Waals surface area contributed by atoms with Crippen LogP contribution in [0.2, 0.25) is 0 Å². The van der Waals surface area contributed by atoms with Crippen molar-refractivity contribution >= 4 is 0 Å². The van der Waals surface area contributed by atoms with E-state index < -0.39 is 0 Å². The minimum absolute atomic E-state index is 0.387. The molecule has 0 saturated heterocycles. The molecular formula is C18H29NO2. The van der Waals surface area contributed by atoms with Gasteiger partial charge in [0.05, 0.1) is 13.2 Å². The third-order valence-corrected chi connectivity index (χ3v) is 4.32. The Labute approximate surface area is 129 Å². The largest absolute Gasteiger partial charge is 0.382 e. The van der Waals surface area contributed by atoms with Crippen LogP contribution in [0, 0.1) is 0 Å². The number of rotatable bonds is 10. The van der Waals surface area contributed by atoms with Crippen molar-refractivity contribution < 1.29 is 9.47 Å². The Morgan fingerprint density at radius 1 is 1.24 bits per heavy atom. The Bertz CT molecular complexity index is 404. The third-order valence-electron chi connectivity index (χ3n) is 4.32. The molecule has 1 N–H and O–H groups in total. The Morgan fingerprint density at radius 2 is 2.10 bits per heavy atom. The first-order chi connectivity index (χ1) is 10.3. The van der Waals surface area contributed by atoms with E-state index in [1.165, 1.54) is 30.4 Å². The zero-order valence-corrected chi connectivity index (χ0v) is 13.4. The SMILES string of the molecule is CCNC(CCOCCOC)c1cccc(C2CCC2)c1. The van der Waals surface area contributed by atoms with Gasteiger partial charge in [-0.15, -0.1) is 0 Å². The van der Waals surface area contributed by atoms with Gasteiger partial charge >= 0.3 is 0 Å². The van der Waals surface area contributed by atoms with E-state index in [0.29, 0.717) is 19.3 Å². The molecule has 3 nitrogen and oxygen atoms in total. The number of hydrogen-bond acceptors (Lipinski definition) is 3. The molecule has 1 aromatic carbocycles. The number of benzene rings is 1. The van der Waals surface area contributed by atoms with E-state index >= 15 is 0 Å². The lowest BCUT2D eigenvalue weighted by atomic mass is 9.79. The highest BCUT2D eigenvalue weighted by Gasteiger charge is 2.20. The number of ether oxygens (including phenoxy) is 2. The van der Waals surface area contributed by atoms with Crippen molar-refractivity contribution in [3.63, 3.8) is 0 Å². The summed E-state index contributed by atoms with van der Waals surface area (Å²) in [7, 11) is 1.71. The van der Waals surface area contributed by atoms with E-state index in [1.807, 2.05) is 0 Å². The normalized spacial score (nSPS) is 16.7. The Balaban J connectivity index is 1.90. The first kappa shape index (κ1) is 16.5. The maximum atomic E-state index is 5.62. The second kappa shape index (κ2) is 9.19. The monoisotopic (exact) mass is 291 g/mol. The Hall–Kier alpha value is -0.900. The smallest absolute Gasteiger partial charge is 0.0700 e. The molecule has 1 atom stereocenters. The summed E-state index contributed by atoms with van der Waals surface area (Å²) in [5.41, 5.74) is 2.92. The summed E-state index contributed by atoms with van der Waals surface area (Å²) in [5, 5.41) is 3.58. The van der Waals surface area contributed by atoms with Crippen LogP contribution in [-0.2, 0) is 9.47 Å². The van der Waals surface area contributed by atoms with E-state index in [0.717, 1.165) is 25.5 Å². The maximum Gasteiger partial charge on any atom is 0.0700 e. The molecule has 1 unspecified atom stereocenters. The quantitative estimate of drug-likeness (QED) is 0.667. The summed E-state index contributed by atoms with van der Waals surface area (Å²) in [6, 6.07) is 9.51. The van der Waals surface area contributed by atoms with Gasteiger partial charge in [0.2, 0.25) is 0 Å². The van der Waals surface area contributed by atoms with Crippen molar-refractivity contribution in [3.8, 4) is 0 Å². The molecule has 0 heterocycles. The van der Waals surface area contributed by atoms with Crippen LogP contribution < -0.4 is 5.32 Å². The second-order valence-corrected chi connectivity index (χ2v) is 5.80. The van der Waals surface area contributed by atoms with Crippen molar-refractivity contribution in [2.75, 3.05) is 33.5 Å². The molecule has 1 saturated carbocycles. The van der Waals surface area contributed by atoms with Gasteiger partial charge in [-0.25, -0.2) is 0 Å². The molecule has 0 amide bonds. The molecule has 1 fully saturated rings. The maximum absolute atomic E-state index is 5.62. The van der Waals surface area contributed by atoms with E-state index in [-0.39, 0.29) is 0 Å². The minimum Gasteiger partial charge on any atom is -0.382 e. The van der Waals surface area contributed by atoms with Gasteiger partial charge in [0.1, 0.15) is 0 Å². The van der Waals surface area contributed by atoms with E-state index in [4.69, 9.17) is 9.47 Å². The zero-order valence-electron chi connectivity index (χ0n) is 13.4. The van der Waals surface area contributed by atoms with Gasteiger partial charge in [-0.1, -0.05) is 37.6 Å². The first-order valence-electron chi connectivity index (χ1n) is 8.25. The Morgan fingerprint density at radius 3 is 2.76 bits per heavy atom. The number of hydrogen-bond donors (Lipinski definition) is 1. The van der Waals surface area contributed by atoms with Crippen LogP contribution in [0.15, 0.2) is 24.3 Å². The standard InChI is InChI=1S/C18H29NO2/c1-3-19-18(10-11-21-13-12-20-2)17-9-5-8-16(14-17)15-6-4-7-15/h5,8-9,14-15,18-19H,3-4,6-7,10-13H2,1-2H3. The lowest BCUT2D eigenvalue weighted by Crippen LogP contribution is -2.23. The van der Waals surface area contributed by atoms with Crippen molar-refractivity contribution in [2.24, 2.45) is 0 Å². The fourth-order valence-corrected chi connectivity index (χ4v) is 2.85. The second-order valence-electron chi connectivity index (χ2n) is 5.80. The van der Waals surface area contributed by atoms with Crippen LogP contribution in [0.25, 0.3) is 0 Å². The van der Waals surface area contributed by atoms with Gasteiger partial charge in [0.25, 0.3) is 0 Å². The summed E-state index contributed by atoms with van der Waals surface area (Å²) < 4.78 is 10.6. The number of nitrogens with one attached hydrogen (secondary N) is 1. The molecule has 3 heteroatoms. The fraction of sp³-hybridized carbons (Fsp3) is 0.667. The van der Waals surface area contributed by atoms with Crippen LogP contribution in [-0.4, -0.2) is 33.5 Å². The lowest BCUT2D eigenvalue weighted by Gasteiger charge is -2.27. The molecule has 1 aromatic rings. The molecule has 1 aliphatic rings. The molecule has 118 valence electrons. The molecule has 0 spiro atoms. The van der Waals surface area contributed by atoms with E-state index in [1.54, 1.807) is 7.11 Å². The average molecular weight is 291 g/mol. The number of methoxy groups -OCH3 is 1. The summed E-state index contributed by atoms with van der Waals surface area (Å²) in [4.78, 5) is 0. The third kappa shape index (κ3) is 5.10. The van der Waals surface area contributed by atoms with Gasteiger partial charge in [-0.2, -0.15) is 0 Å². The molecule has 21 heavy (non-hydrogen) atoms. The molecule has 0 aliphatic heterocycles. The molecule has 1 aliphatic carbocycles. The van der Waals surface area contributed by atoms with Crippen molar-refractivity contribution in [1.82, 2.24) is 5.32 Å². The van der Waals surface area contributed by atoms with Crippen LogP contribution in [0.4, 0.5) is 0 Å². The molecule has 0 radical (unpaired) electrons. The molecule has 2 rings (SSSR count). The predicted molar refractivity (Wildman–Crippen MR) is 86.8 cm³/mol. The van der Waals surface area contributed by atoms with Crippen LogP contribution >= 0.6 is 0 Å². The van der Waals surface area contributed by atoms with Gasteiger partial charge in [-0.05, 0) is 42.9 Å². The minimum atomic E-state index is 0.387. The fourth-order valence-electron chi connectivity index (χ4n) is 2.85. The highest BCUT2D eigenvalue weighted by molar-refractivity contribution is 5.29. The Kier molecular flexibility index (Phi) is 7.20. The van der Waals surface area contributed by atoms with Gasteiger partial charge < -0.3 is 14.8 Å². The van der Waals surface area contributed by atoms with Crippen molar-refractivity contribution in [3.05, 3.63) is 35.4 Å². The molecule has 0 bridgehead atoms. The van der Waals surface area contributed by atoms with Crippen LogP contribution in [0.5, 0.6) is 0 Å². The van der Waals surface area contributed by atoms with Gasteiger partial charge in [0, 0.05) is 19.8 Å². The summed E-state index contributed by atoms with van der Waals surface area (Å²) in [6.45, 7) is 5.26. The summed E-state index contributed by atoms with van der Waals surface area (Å²) >= 11 is 0. The van der Waals surface area contributed by atoms with E-state index in [9.17, 15) is 0 Å². The zero-order chi connectivity index (χ0) is 14.9. The highest BCUT2D eigenvalue weighted by Crippen LogP contribution is 2.37. The van der Waals surface area contributed by atoms with Crippen molar-refractivity contribution in [2.45, 2.75) is 44.6 Å². The predicted octanol–water partition coefficient (Wildman–Crippen LogP) is 3.66. The first-order valence-corrected chi connectivity index (χ1v) is 8.25. The molecular weight excluding hydrogens is 262 g/mol. The summed E-state index contributed by atoms with van der Waals surface area (Å²) in [5.74, 6) is 0.796. The molecule has 0 aromatic heterocycles. The van der Waals surface area contributed by atoms with Crippen LogP contribution in [0.3, 0.4) is 0 Å². The van der Waals surface area contributed by atoms with E-state index in [2.05, 4.69) is 36.5 Å². The van der Waals surface area contributed by atoms with Gasteiger partial charge in [0.15, 0.2) is 0 Å². The van der Waals surface area contributed by atoms with Gasteiger partial charge in [-0.3, -0.25) is 0 Å². The van der Waals surface area contributed by atoms with Crippen molar-refractivity contribution in [1.29, 1.82) is 0 Å². The topological polar surface area (TPSA) is 30.5 Å². The highest BCUT2D eigenvalue weighted by atomic mass is 16.5. The summed E-state index contributed by atoms with van der Waals surface area (Å²) in [6.07, 6.45) is 5.11. The average Bonchev–Trinajstić information content (AvgIpc) is 2.44. The lowest BCUT2D eigenvalue weighted by molar-refractivity contribution is 0.0658.